The minimum atomic E-state index is -0.957. The summed E-state index contributed by atoms with van der Waals surface area (Å²) in [5.41, 5.74) is 6.39. The number of primary amides is 1. The minimum Gasteiger partial charge on any atom is -0.366 e. The minimum absolute atomic E-state index is 0.276. The number of amides is 1. The number of rotatable bonds is 2. The Morgan fingerprint density at radius 3 is 2.35 bits per heavy atom. The van der Waals surface area contributed by atoms with Gasteiger partial charge in [0, 0.05) is 5.56 Å². The first-order valence-electron chi connectivity index (χ1n) is 4.94. The van der Waals surface area contributed by atoms with Crippen LogP contribution in [0.1, 0.15) is 10.4 Å². The van der Waals surface area contributed by atoms with Crippen molar-refractivity contribution in [3.8, 4) is 11.1 Å². The molecule has 0 unspecified atom stereocenters. The molecule has 0 aliphatic rings. The Balaban J connectivity index is 2.60. The molecule has 0 saturated heterocycles. The topological polar surface area (TPSA) is 43.1 Å². The van der Waals surface area contributed by atoms with Crippen molar-refractivity contribution in [2.24, 2.45) is 5.73 Å². The third-order valence-electron chi connectivity index (χ3n) is 2.42. The molecule has 1 amide bonds. The molecule has 0 heterocycles. The van der Waals surface area contributed by atoms with Crippen LogP contribution >= 0.6 is 0 Å². The van der Waals surface area contributed by atoms with Crippen LogP contribution in [0.15, 0.2) is 42.5 Å². The number of nitrogens with two attached hydrogens (primary N) is 1. The SMILES string of the molecule is NC(=O)c1ccccc1-c1ccc(F)c(F)c1. The van der Waals surface area contributed by atoms with Gasteiger partial charge in [0.2, 0.25) is 5.91 Å². The van der Waals surface area contributed by atoms with Crippen LogP contribution in [0.25, 0.3) is 11.1 Å². The largest absolute Gasteiger partial charge is 0.366 e. The second-order valence-electron chi connectivity index (χ2n) is 3.54. The zero-order valence-corrected chi connectivity index (χ0v) is 8.78. The fourth-order valence-electron chi connectivity index (χ4n) is 1.61. The molecule has 2 rings (SSSR count). The Morgan fingerprint density at radius 1 is 1.00 bits per heavy atom. The van der Waals surface area contributed by atoms with Crippen molar-refractivity contribution in [3.63, 3.8) is 0 Å². The van der Waals surface area contributed by atoms with Gasteiger partial charge in [-0.25, -0.2) is 8.78 Å². The van der Waals surface area contributed by atoms with Gasteiger partial charge in [0.25, 0.3) is 0 Å². The van der Waals surface area contributed by atoms with E-state index in [4.69, 9.17) is 5.73 Å². The number of hydrogen-bond acceptors (Lipinski definition) is 1. The van der Waals surface area contributed by atoms with E-state index < -0.39 is 17.5 Å². The van der Waals surface area contributed by atoms with Gasteiger partial charge in [0.15, 0.2) is 11.6 Å². The number of carbonyl (C=O) groups excluding carboxylic acids is 1. The third kappa shape index (κ3) is 2.15. The van der Waals surface area contributed by atoms with Crippen LogP contribution in [-0.2, 0) is 0 Å². The van der Waals surface area contributed by atoms with Crippen LogP contribution in [0.3, 0.4) is 0 Å². The molecule has 2 N–H and O–H groups in total. The summed E-state index contributed by atoms with van der Waals surface area (Å²) in [6, 6.07) is 9.98. The molecule has 86 valence electrons. The smallest absolute Gasteiger partial charge is 0.249 e. The Morgan fingerprint density at radius 2 is 1.71 bits per heavy atom. The van der Waals surface area contributed by atoms with Gasteiger partial charge in [-0.3, -0.25) is 4.79 Å². The number of benzene rings is 2. The van der Waals surface area contributed by atoms with E-state index in [2.05, 4.69) is 0 Å². The third-order valence-corrected chi connectivity index (χ3v) is 2.42. The van der Waals surface area contributed by atoms with E-state index in [0.717, 1.165) is 12.1 Å². The van der Waals surface area contributed by atoms with Gasteiger partial charge in [-0.1, -0.05) is 24.3 Å². The van der Waals surface area contributed by atoms with Crippen LogP contribution in [0.2, 0.25) is 0 Å². The molecule has 2 nitrogen and oxygen atoms in total. The summed E-state index contributed by atoms with van der Waals surface area (Å²) in [7, 11) is 0. The normalized spacial score (nSPS) is 10.2. The predicted octanol–water partition coefficient (Wildman–Crippen LogP) is 2.73. The Hall–Kier alpha value is -2.23. The highest BCUT2D eigenvalue weighted by molar-refractivity contribution is 5.99. The van der Waals surface area contributed by atoms with Crippen LogP contribution in [-0.4, -0.2) is 5.91 Å². The highest BCUT2D eigenvalue weighted by Gasteiger charge is 2.11. The number of hydrogen-bond donors (Lipinski definition) is 1. The van der Waals surface area contributed by atoms with E-state index in [0.29, 0.717) is 11.1 Å². The van der Waals surface area contributed by atoms with Gasteiger partial charge in [-0.05, 0) is 29.3 Å². The van der Waals surface area contributed by atoms with Gasteiger partial charge >= 0.3 is 0 Å². The van der Waals surface area contributed by atoms with Crippen molar-refractivity contribution in [1.82, 2.24) is 0 Å². The molecule has 4 heteroatoms. The molecule has 0 spiro atoms. The molecule has 17 heavy (non-hydrogen) atoms. The highest BCUT2D eigenvalue weighted by Crippen LogP contribution is 2.24. The van der Waals surface area contributed by atoms with Crippen LogP contribution in [0.4, 0.5) is 8.78 Å². The monoisotopic (exact) mass is 233 g/mol. The Labute approximate surface area is 96.7 Å². The summed E-state index contributed by atoms with van der Waals surface area (Å²) >= 11 is 0. The van der Waals surface area contributed by atoms with E-state index in [9.17, 15) is 13.6 Å². The van der Waals surface area contributed by atoms with Gasteiger partial charge in [-0.15, -0.1) is 0 Å². The second kappa shape index (κ2) is 4.33. The molecular weight excluding hydrogens is 224 g/mol. The summed E-state index contributed by atoms with van der Waals surface area (Å²) < 4.78 is 25.9. The van der Waals surface area contributed by atoms with Crippen LogP contribution in [0, 0.1) is 11.6 Å². The lowest BCUT2D eigenvalue weighted by atomic mass is 9.99. The van der Waals surface area contributed by atoms with Crippen LogP contribution in [0.5, 0.6) is 0 Å². The summed E-state index contributed by atoms with van der Waals surface area (Å²) in [6.07, 6.45) is 0. The Bertz CT molecular complexity index is 581. The van der Waals surface area contributed by atoms with Crippen molar-refractivity contribution in [2.75, 3.05) is 0 Å². The predicted molar refractivity (Wildman–Crippen MR) is 60.3 cm³/mol. The Kier molecular flexibility index (Phi) is 2.87. The molecule has 0 bridgehead atoms. The molecule has 0 radical (unpaired) electrons. The van der Waals surface area contributed by atoms with E-state index in [1.165, 1.54) is 6.07 Å². The van der Waals surface area contributed by atoms with Gasteiger partial charge in [-0.2, -0.15) is 0 Å². The second-order valence-corrected chi connectivity index (χ2v) is 3.54. The molecule has 0 saturated carbocycles. The van der Waals surface area contributed by atoms with E-state index in [-0.39, 0.29) is 5.56 Å². The molecule has 0 aromatic heterocycles. The van der Waals surface area contributed by atoms with E-state index in [1.807, 2.05) is 0 Å². The number of halogens is 2. The first-order valence-corrected chi connectivity index (χ1v) is 4.94. The molecule has 2 aromatic rings. The molecular formula is C13H9F2NO. The maximum atomic E-state index is 13.1. The lowest BCUT2D eigenvalue weighted by Crippen LogP contribution is -2.12. The molecule has 0 fully saturated rings. The summed E-state index contributed by atoms with van der Waals surface area (Å²) in [5.74, 6) is -2.49. The first kappa shape index (κ1) is 11.3. The van der Waals surface area contributed by atoms with Crippen molar-refractivity contribution in [2.45, 2.75) is 0 Å². The number of carbonyl (C=O) groups is 1. The molecule has 0 aliphatic carbocycles. The first-order chi connectivity index (χ1) is 8.09. The van der Waals surface area contributed by atoms with Crippen LogP contribution < -0.4 is 5.73 Å². The van der Waals surface area contributed by atoms with Crippen molar-refractivity contribution < 1.29 is 13.6 Å². The van der Waals surface area contributed by atoms with Gasteiger partial charge < -0.3 is 5.73 Å². The lowest BCUT2D eigenvalue weighted by molar-refractivity contribution is 0.100. The summed E-state index contributed by atoms with van der Waals surface area (Å²) in [5, 5.41) is 0. The zero-order chi connectivity index (χ0) is 12.4. The van der Waals surface area contributed by atoms with E-state index in [1.54, 1.807) is 24.3 Å². The average molecular weight is 233 g/mol. The summed E-state index contributed by atoms with van der Waals surface area (Å²) in [6.45, 7) is 0. The summed E-state index contributed by atoms with van der Waals surface area (Å²) in [4.78, 5) is 11.2. The maximum Gasteiger partial charge on any atom is 0.249 e. The van der Waals surface area contributed by atoms with Crippen molar-refractivity contribution in [3.05, 3.63) is 59.7 Å². The molecule has 0 atom stereocenters. The standard InChI is InChI=1S/C13H9F2NO/c14-11-6-5-8(7-12(11)15)9-3-1-2-4-10(9)13(16)17/h1-7H,(H2,16,17). The van der Waals surface area contributed by atoms with Crippen molar-refractivity contribution in [1.29, 1.82) is 0 Å². The zero-order valence-electron chi connectivity index (χ0n) is 8.78. The lowest BCUT2D eigenvalue weighted by Gasteiger charge is -2.06. The fraction of sp³-hybridized carbons (Fsp3) is 0. The molecule has 0 aliphatic heterocycles. The van der Waals surface area contributed by atoms with E-state index >= 15 is 0 Å². The fourth-order valence-corrected chi connectivity index (χ4v) is 1.61. The van der Waals surface area contributed by atoms with Crippen molar-refractivity contribution >= 4 is 5.91 Å². The van der Waals surface area contributed by atoms with Gasteiger partial charge in [0.1, 0.15) is 0 Å². The maximum absolute atomic E-state index is 13.1. The average Bonchev–Trinajstić information content (AvgIpc) is 2.32. The molecule has 2 aromatic carbocycles. The van der Waals surface area contributed by atoms with Gasteiger partial charge in [0.05, 0.1) is 0 Å². The quantitative estimate of drug-likeness (QED) is 0.851. The highest BCUT2D eigenvalue weighted by atomic mass is 19.2.